The van der Waals surface area contributed by atoms with Crippen LogP contribution in [-0.2, 0) is 6.54 Å². The van der Waals surface area contributed by atoms with Gasteiger partial charge in [0.2, 0.25) is 0 Å². The van der Waals surface area contributed by atoms with Crippen LogP contribution in [0.5, 0.6) is 0 Å². The standard InChI is InChI=1S/C12H8F2N4S/c13-7-4-9(14)11-10(5-7)18(12(19)16-11)6-8-2-1-3-15-17-8/h1-5H,6H2,(H,16,19). The van der Waals surface area contributed by atoms with Crippen molar-refractivity contribution < 1.29 is 8.78 Å². The Hall–Kier alpha value is -2.15. The highest BCUT2D eigenvalue weighted by Gasteiger charge is 2.11. The topological polar surface area (TPSA) is 46.5 Å². The van der Waals surface area contributed by atoms with Gasteiger partial charge in [0.1, 0.15) is 11.3 Å². The molecule has 3 aromatic rings. The fraction of sp³-hybridized carbons (Fsp3) is 0.0833. The maximum Gasteiger partial charge on any atom is 0.178 e. The zero-order chi connectivity index (χ0) is 13.4. The third kappa shape index (κ3) is 2.12. The van der Waals surface area contributed by atoms with Crippen LogP contribution in [0.3, 0.4) is 0 Å². The highest BCUT2D eigenvalue weighted by Crippen LogP contribution is 2.20. The van der Waals surface area contributed by atoms with Crippen molar-refractivity contribution in [3.05, 3.63) is 52.6 Å². The maximum absolute atomic E-state index is 13.6. The van der Waals surface area contributed by atoms with Gasteiger partial charge in [-0.25, -0.2) is 8.78 Å². The van der Waals surface area contributed by atoms with Crippen LogP contribution >= 0.6 is 12.2 Å². The summed E-state index contributed by atoms with van der Waals surface area (Å²) >= 11 is 5.13. The van der Waals surface area contributed by atoms with E-state index in [1.165, 1.54) is 6.07 Å². The number of nitrogens with one attached hydrogen (secondary N) is 1. The van der Waals surface area contributed by atoms with Gasteiger partial charge >= 0.3 is 0 Å². The number of nitrogens with zero attached hydrogens (tertiary/aromatic N) is 3. The van der Waals surface area contributed by atoms with E-state index in [0.717, 1.165) is 6.07 Å². The zero-order valence-electron chi connectivity index (χ0n) is 9.60. The molecule has 7 heteroatoms. The Kier molecular flexibility index (Phi) is 2.83. The summed E-state index contributed by atoms with van der Waals surface area (Å²) in [7, 11) is 0. The molecular weight excluding hydrogens is 270 g/mol. The van der Waals surface area contributed by atoms with Gasteiger partial charge in [-0.3, -0.25) is 0 Å². The van der Waals surface area contributed by atoms with Crippen LogP contribution < -0.4 is 0 Å². The Labute approximate surface area is 111 Å². The summed E-state index contributed by atoms with van der Waals surface area (Å²) in [5, 5.41) is 7.68. The van der Waals surface area contributed by atoms with Gasteiger partial charge < -0.3 is 9.55 Å². The molecule has 0 saturated carbocycles. The molecular formula is C12H8F2N4S. The smallest absolute Gasteiger partial charge is 0.178 e. The van der Waals surface area contributed by atoms with Gasteiger partial charge in [-0.05, 0) is 30.4 Å². The zero-order valence-corrected chi connectivity index (χ0v) is 10.4. The van der Waals surface area contributed by atoms with E-state index in [4.69, 9.17) is 12.2 Å². The Bertz CT molecular complexity index is 795. The van der Waals surface area contributed by atoms with Crippen LogP contribution in [0.1, 0.15) is 5.69 Å². The lowest BCUT2D eigenvalue weighted by Crippen LogP contribution is -2.02. The first-order chi connectivity index (χ1) is 9.15. The van der Waals surface area contributed by atoms with Crippen molar-refractivity contribution in [2.45, 2.75) is 6.54 Å². The lowest BCUT2D eigenvalue weighted by atomic mass is 10.3. The summed E-state index contributed by atoms with van der Waals surface area (Å²) in [6.45, 7) is 0.301. The summed E-state index contributed by atoms with van der Waals surface area (Å²) in [5.41, 5.74) is 1.22. The number of rotatable bonds is 2. The fourth-order valence-corrected chi connectivity index (χ4v) is 2.18. The Morgan fingerprint density at radius 2 is 2.16 bits per heavy atom. The monoisotopic (exact) mass is 278 g/mol. The van der Waals surface area contributed by atoms with E-state index in [0.29, 0.717) is 22.5 Å². The van der Waals surface area contributed by atoms with Crippen molar-refractivity contribution in [1.82, 2.24) is 19.7 Å². The molecule has 2 aromatic heterocycles. The summed E-state index contributed by atoms with van der Waals surface area (Å²) in [4.78, 5) is 2.73. The number of benzene rings is 1. The van der Waals surface area contributed by atoms with E-state index in [2.05, 4.69) is 15.2 Å². The minimum Gasteiger partial charge on any atom is -0.328 e. The third-order valence-electron chi connectivity index (χ3n) is 2.75. The first kappa shape index (κ1) is 11.9. The SMILES string of the molecule is Fc1cc(F)c2[nH]c(=S)n(Cc3cccnn3)c2c1. The molecule has 0 aliphatic carbocycles. The Balaban J connectivity index is 2.18. The van der Waals surface area contributed by atoms with Gasteiger partial charge in [-0.15, -0.1) is 0 Å². The van der Waals surface area contributed by atoms with Crippen LogP contribution in [0.2, 0.25) is 0 Å². The number of aromatic amines is 1. The highest BCUT2D eigenvalue weighted by molar-refractivity contribution is 7.71. The summed E-state index contributed by atoms with van der Waals surface area (Å²) in [5.74, 6) is -1.31. The highest BCUT2D eigenvalue weighted by atomic mass is 32.1. The molecule has 0 saturated heterocycles. The molecule has 0 amide bonds. The van der Waals surface area contributed by atoms with Crippen LogP contribution in [0.4, 0.5) is 8.78 Å². The molecule has 96 valence electrons. The van der Waals surface area contributed by atoms with E-state index >= 15 is 0 Å². The average molecular weight is 278 g/mol. The summed E-state index contributed by atoms with van der Waals surface area (Å²) < 4.78 is 28.8. The van der Waals surface area contributed by atoms with E-state index in [9.17, 15) is 8.78 Å². The number of hydrogen-bond donors (Lipinski definition) is 1. The van der Waals surface area contributed by atoms with Crippen molar-refractivity contribution >= 4 is 23.3 Å². The molecule has 1 N–H and O–H groups in total. The largest absolute Gasteiger partial charge is 0.328 e. The molecule has 4 nitrogen and oxygen atoms in total. The van der Waals surface area contributed by atoms with Gasteiger partial charge in [0, 0.05) is 12.3 Å². The first-order valence-corrected chi connectivity index (χ1v) is 5.90. The van der Waals surface area contributed by atoms with Crippen molar-refractivity contribution in [3.63, 3.8) is 0 Å². The third-order valence-corrected chi connectivity index (χ3v) is 3.07. The molecule has 19 heavy (non-hydrogen) atoms. The Morgan fingerprint density at radius 1 is 1.32 bits per heavy atom. The van der Waals surface area contributed by atoms with Crippen LogP contribution in [0, 0.1) is 16.4 Å². The average Bonchev–Trinajstić information content (AvgIpc) is 2.69. The van der Waals surface area contributed by atoms with Gasteiger partial charge in [0.15, 0.2) is 10.6 Å². The second-order valence-electron chi connectivity index (χ2n) is 4.01. The van der Waals surface area contributed by atoms with E-state index in [1.807, 2.05) is 0 Å². The molecule has 0 spiro atoms. The minimum atomic E-state index is -0.668. The van der Waals surface area contributed by atoms with Crippen molar-refractivity contribution in [2.24, 2.45) is 0 Å². The number of imidazole rings is 1. The molecule has 3 rings (SSSR count). The molecule has 0 radical (unpaired) electrons. The van der Waals surface area contributed by atoms with Gasteiger partial charge in [-0.1, -0.05) is 0 Å². The molecule has 2 heterocycles. The lowest BCUT2D eigenvalue weighted by molar-refractivity contribution is 0.590. The van der Waals surface area contributed by atoms with E-state index in [-0.39, 0.29) is 5.52 Å². The summed E-state index contributed by atoms with van der Waals surface area (Å²) in [6, 6.07) is 5.56. The second kappa shape index (κ2) is 4.51. The minimum absolute atomic E-state index is 0.190. The number of H-pyrrole nitrogens is 1. The normalized spacial score (nSPS) is 11.1. The van der Waals surface area contributed by atoms with Crippen molar-refractivity contribution in [1.29, 1.82) is 0 Å². The summed E-state index contributed by atoms with van der Waals surface area (Å²) in [6.07, 6.45) is 1.55. The quantitative estimate of drug-likeness (QED) is 0.733. The number of fused-ring (bicyclic) bond motifs is 1. The molecule has 1 aromatic carbocycles. The predicted octanol–water partition coefficient (Wildman–Crippen LogP) is 2.82. The van der Waals surface area contributed by atoms with Crippen LogP contribution in [-0.4, -0.2) is 19.7 Å². The van der Waals surface area contributed by atoms with Crippen LogP contribution in [0.15, 0.2) is 30.5 Å². The maximum atomic E-state index is 13.6. The van der Waals surface area contributed by atoms with Gasteiger partial charge in [0.25, 0.3) is 0 Å². The fourth-order valence-electron chi connectivity index (χ4n) is 1.92. The van der Waals surface area contributed by atoms with E-state index < -0.39 is 11.6 Å². The molecule has 0 aliphatic heterocycles. The lowest BCUT2D eigenvalue weighted by Gasteiger charge is -2.03. The first-order valence-electron chi connectivity index (χ1n) is 5.49. The number of halogens is 2. The number of hydrogen-bond acceptors (Lipinski definition) is 3. The molecule has 0 atom stereocenters. The van der Waals surface area contributed by atoms with Crippen molar-refractivity contribution in [3.8, 4) is 0 Å². The second-order valence-corrected chi connectivity index (χ2v) is 4.40. The molecule has 0 unspecified atom stereocenters. The molecule has 0 aliphatic rings. The van der Waals surface area contributed by atoms with Gasteiger partial charge in [0.05, 0.1) is 17.8 Å². The predicted molar refractivity (Wildman–Crippen MR) is 68.2 cm³/mol. The Morgan fingerprint density at radius 3 is 2.89 bits per heavy atom. The molecule has 0 bridgehead atoms. The van der Waals surface area contributed by atoms with Crippen LogP contribution in [0.25, 0.3) is 11.0 Å². The van der Waals surface area contributed by atoms with E-state index in [1.54, 1.807) is 22.9 Å². The van der Waals surface area contributed by atoms with Crippen molar-refractivity contribution in [2.75, 3.05) is 0 Å². The number of aromatic nitrogens is 4. The van der Waals surface area contributed by atoms with Gasteiger partial charge in [-0.2, -0.15) is 10.2 Å². The molecule has 0 fully saturated rings.